The molecule has 1 aromatic heterocycles. The molecule has 11 heteroatoms. The van der Waals surface area contributed by atoms with Gasteiger partial charge in [0.1, 0.15) is 0 Å². The van der Waals surface area contributed by atoms with Crippen molar-refractivity contribution in [1.82, 2.24) is 9.88 Å². The maximum Gasteiger partial charge on any atom is 0.269 e. The summed E-state index contributed by atoms with van der Waals surface area (Å²) >= 11 is 7.70. The summed E-state index contributed by atoms with van der Waals surface area (Å²) in [6.07, 6.45) is 4.25. The zero-order chi connectivity index (χ0) is 27.5. The van der Waals surface area contributed by atoms with Gasteiger partial charge in [0.25, 0.3) is 11.6 Å². The van der Waals surface area contributed by atoms with Crippen molar-refractivity contribution in [3.05, 3.63) is 98.0 Å². The van der Waals surface area contributed by atoms with E-state index in [1.54, 1.807) is 35.2 Å². The maximum absolute atomic E-state index is 13.6. The molecule has 0 atom stereocenters. The summed E-state index contributed by atoms with van der Waals surface area (Å²) in [6, 6.07) is 17.2. The highest BCUT2D eigenvalue weighted by Crippen LogP contribution is 2.39. The second-order valence-electron chi connectivity index (χ2n) is 8.57. The summed E-state index contributed by atoms with van der Waals surface area (Å²) in [4.78, 5) is 34.2. The van der Waals surface area contributed by atoms with E-state index in [1.165, 1.54) is 38.1 Å². The lowest BCUT2D eigenvalue weighted by atomic mass is 10.1. The number of halogens is 1. The number of fused-ring (bicyclic) bond motifs is 1. The molecule has 4 aromatic rings. The lowest BCUT2D eigenvalue weighted by Crippen LogP contribution is -2.31. The van der Waals surface area contributed by atoms with Crippen LogP contribution in [0, 0.1) is 10.1 Å². The number of nitro benzene ring substituents is 1. The average Bonchev–Trinajstić information content (AvgIpc) is 3.48. The van der Waals surface area contributed by atoms with Gasteiger partial charge in [-0.1, -0.05) is 29.8 Å². The molecule has 0 radical (unpaired) electrons. The van der Waals surface area contributed by atoms with Crippen molar-refractivity contribution in [2.24, 2.45) is 4.99 Å². The van der Waals surface area contributed by atoms with Crippen LogP contribution in [0.2, 0.25) is 5.02 Å². The number of para-hydroxylation sites is 1. The Kier molecular flexibility index (Phi) is 7.58. The Bertz CT molecular complexity index is 1630. The van der Waals surface area contributed by atoms with Crippen LogP contribution in [0.15, 0.2) is 76.8 Å². The van der Waals surface area contributed by atoms with E-state index in [-0.39, 0.29) is 11.6 Å². The molecule has 3 aromatic carbocycles. The molecule has 1 fully saturated rings. The van der Waals surface area contributed by atoms with Gasteiger partial charge in [-0.05, 0) is 59.7 Å². The van der Waals surface area contributed by atoms with Gasteiger partial charge in [-0.2, -0.15) is 0 Å². The van der Waals surface area contributed by atoms with Crippen molar-refractivity contribution in [3.8, 4) is 11.5 Å². The van der Waals surface area contributed by atoms with Crippen LogP contribution in [-0.2, 0) is 11.2 Å². The number of carbonyl (C=O) groups excluding carboxylic acids is 1. The molecule has 9 nitrogen and oxygen atoms in total. The van der Waals surface area contributed by atoms with Crippen LogP contribution < -0.4 is 9.47 Å². The van der Waals surface area contributed by atoms with Crippen LogP contribution in [0.5, 0.6) is 11.5 Å². The Morgan fingerprint density at radius 1 is 1.10 bits per heavy atom. The molecular weight excluding hydrogens is 540 g/mol. The zero-order valence-corrected chi connectivity index (χ0v) is 22.6. The lowest BCUT2D eigenvalue weighted by molar-refractivity contribution is -0.384. The van der Waals surface area contributed by atoms with E-state index in [4.69, 9.17) is 21.1 Å². The van der Waals surface area contributed by atoms with Crippen molar-refractivity contribution in [2.45, 2.75) is 6.42 Å². The van der Waals surface area contributed by atoms with Gasteiger partial charge in [-0.15, -0.1) is 0 Å². The number of aromatic nitrogens is 1. The number of hydrogen-bond donors (Lipinski definition) is 1. The Morgan fingerprint density at radius 3 is 2.54 bits per heavy atom. The molecule has 1 aliphatic rings. The number of methoxy groups -OCH3 is 2. The largest absolute Gasteiger partial charge is 0.493 e. The number of rotatable bonds is 8. The van der Waals surface area contributed by atoms with Gasteiger partial charge >= 0.3 is 0 Å². The number of nitro groups is 1. The third-order valence-corrected chi connectivity index (χ3v) is 7.58. The van der Waals surface area contributed by atoms with Crippen molar-refractivity contribution >= 4 is 62.8 Å². The Balaban J connectivity index is 1.49. The van der Waals surface area contributed by atoms with Gasteiger partial charge < -0.3 is 14.5 Å². The molecule has 0 unspecified atom stereocenters. The van der Waals surface area contributed by atoms with Crippen LogP contribution in [0.3, 0.4) is 0 Å². The molecule has 198 valence electrons. The first-order valence-corrected chi connectivity index (χ1v) is 13.1. The number of amides is 1. The summed E-state index contributed by atoms with van der Waals surface area (Å²) in [5.41, 5.74) is 3.17. The molecule has 5 rings (SSSR count). The van der Waals surface area contributed by atoms with Gasteiger partial charge in [0.05, 0.1) is 34.8 Å². The van der Waals surface area contributed by atoms with Gasteiger partial charge in [0, 0.05) is 41.8 Å². The number of nitrogens with one attached hydrogen (secondary N) is 1. The Labute approximate surface area is 233 Å². The fourth-order valence-corrected chi connectivity index (χ4v) is 5.46. The van der Waals surface area contributed by atoms with Crippen molar-refractivity contribution in [1.29, 1.82) is 0 Å². The first kappa shape index (κ1) is 26.3. The number of H-pyrrole nitrogens is 1. The number of thioether (sulfide) groups is 1. The number of ether oxygens (including phenoxy) is 2. The van der Waals surface area contributed by atoms with E-state index in [2.05, 4.69) is 9.98 Å². The highest BCUT2D eigenvalue weighted by Gasteiger charge is 2.33. The molecular formula is C28H23ClN4O5S. The van der Waals surface area contributed by atoms with E-state index in [9.17, 15) is 14.9 Å². The van der Waals surface area contributed by atoms with Gasteiger partial charge in [-0.25, -0.2) is 4.99 Å². The molecule has 1 saturated heterocycles. The summed E-state index contributed by atoms with van der Waals surface area (Å²) in [6.45, 7) is 0.385. The number of carbonyl (C=O) groups is 1. The van der Waals surface area contributed by atoms with E-state index < -0.39 is 4.92 Å². The molecule has 39 heavy (non-hydrogen) atoms. The highest BCUT2D eigenvalue weighted by molar-refractivity contribution is 8.18. The minimum atomic E-state index is -0.466. The van der Waals surface area contributed by atoms with Crippen LogP contribution in [-0.4, -0.2) is 46.6 Å². The topological polar surface area (TPSA) is 110 Å². The molecule has 0 bridgehead atoms. The number of hydrogen-bond acceptors (Lipinski definition) is 7. The van der Waals surface area contributed by atoms with Gasteiger partial charge in [0.2, 0.25) is 0 Å². The van der Waals surface area contributed by atoms with E-state index in [0.717, 1.165) is 16.5 Å². The average molecular weight is 563 g/mol. The summed E-state index contributed by atoms with van der Waals surface area (Å²) < 4.78 is 10.7. The van der Waals surface area contributed by atoms with E-state index in [1.807, 2.05) is 30.5 Å². The van der Waals surface area contributed by atoms with Gasteiger partial charge in [-0.3, -0.25) is 19.8 Å². The Hall–Kier alpha value is -4.28. The predicted molar refractivity (Wildman–Crippen MR) is 154 cm³/mol. The number of aromatic amines is 1. The second kappa shape index (κ2) is 11.2. The molecule has 0 spiro atoms. The monoisotopic (exact) mass is 562 g/mol. The molecule has 0 aliphatic carbocycles. The number of nitrogens with zero attached hydrogens (tertiary/aromatic N) is 3. The third kappa shape index (κ3) is 5.47. The lowest BCUT2D eigenvalue weighted by Gasteiger charge is -2.15. The molecule has 1 aliphatic heterocycles. The maximum atomic E-state index is 13.6. The summed E-state index contributed by atoms with van der Waals surface area (Å²) in [5.74, 6) is 0.752. The number of benzene rings is 3. The van der Waals surface area contributed by atoms with Crippen molar-refractivity contribution < 1.29 is 19.2 Å². The first-order chi connectivity index (χ1) is 18.9. The molecule has 1 amide bonds. The SMILES string of the molecule is COc1cc(Cl)c(/C=C2\SC(=Nc3ccc([N+](=O)[O-])cc3)N(CCc3c[nH]c4ccccc34)C2=O)cc1OC. The summed E-state index contributed by atoms with van der Waals surface area (Å²) in [5, 5.41) is 13.0. The van der Waals surface area contributed by atoms with Crippen LogP contribution in [0.1, 0.15) is 11.1 Å². The van der Waals surface area contributed by atoms with Crippen LogP contribution >= 0.6 is 23.4 Å². The molecule has 2 heterocycles. The predicted octanol–water partition coefficient (Wildman–Crippen LogP) is 6.59. The fourth-order valence-electron chi connectivity index (χ4n) is 4.24. The third-order valence-electron chi connectivity index (χ3n) is 6.24. The number of amidine groups is 1. The Morgan fingerprint density at radius 2 is 1.82 bits per heavy atom. The fraction of sp³-hybridized carbons (Fsp3) is 0.143. The second-order valence-corrected chi connectivity index (χ2v) is 9.99. The standard InChI is InChI=1S/C28H23ClN4O5S/c1-37-24-13-18(22(29)15-25(24)38-2)14-26-27(34)32(12-11-17-16-30-23-6-4-3-5-21(17)23)28(39-26)31-19-7-9-20(10-8-19)33(35)36/h3-10,13-16,30H,11-12H2,1-2H3/b26-14-,31-28?. The quantitative estimate of drug-likeness (QED) is 0.147. The smallest absolute Gasteiger partial charge is 0.269 e. The zero-order valence-electron chi connectivity index (χ0n) is 21.0. The minimum Gasteiger partial charge on any atom is -0.493 e. The van der Waals surface area contributed by atoms with E-state index >= 15 is 0 Å². The molecule has 0 saturated carbocycles. The number of non-ortho nitro benzene ring substituents is 1. The first-order valence-electron chi connectivity index (χ1n) is 11.9. The van der Waals surface area contributed by atoms with Crippen LogP contribution in [0.25, 0.3) is 17.0 Å². The minimum absolute atomic E-state index is 0.0334. The highest BCUT2D eigenvalue weighted by atomic mass is 35.5. The normalized spacial score (nSPS) is 15.5. The van der Waals surface area contributed by atoms with E-state index in [0.29, 0.717) is 50.8 Å². The van der Waals surface area contributed by atoms with Gasteiger partial charge in [0.15, 0.2) is 16.7 Å². The summed E-state index contributed by atoms with van der Waals surface area (Å²) in [7, 11) is 3.05. The number of aliphatic imine (C=N–C) groups is 1. The van der Waals surface area contributed by atoms with Crippen molar-refractivity contribution in [3.63, 3.8) is 0 Å². The van der Waals surface area contributed by atoms with Crippen LogP contribution in [0.4, 0.5) is 11.4 Å². The molecule has 1 N–H and O–H groups in total. The van der Waals surface area contributed by atoms with Crippen molar-refractivity contribution in [2.75, 3.05) is 20.8 Å².